The van der Waals surface area contributed by atoms with Gasteiger partial charge >= 0.3 is 0 Å². The van der Waals surface area contributed by atoms with Gasteiger partial charge in [-0.25, -0.2) is 0 Å². The second-order valence-electron chi connectivity index (χ2n) is 5.14. The Balaban J connectivity index is 1.66. The summed E-state index contributed by atoms with van der Waals surface area (Å²) in [5.74, 6) is 0.979. The summed E-state index contributed by atoms with van der Waals surface area (Å²) in [6.45, 7) is 3.14. The lowest BCUT2D eigenvalue weighted by Crippen LogP contribution is -2.43. The number of aromatic nitrogens is 2. The zero-order valence-electron chi connectivity index (χ0n) is 12.2. The van der Waals surface area contributed by atoms with E-state index in [2.05, 4.69) is 10.1 Å². The Morgan fingerprint density at radius 3 is 3.00 bits per heavy atom. The number of hydrogen-bond donors (Lipinski definition) is 0. The number of carbonyl (C=O) groups is 1. The van der Waals surface area contributed by atoms with Crippen LogP contribution in [0.15, 0.2) is 28.8 Å². The Morgan fingerprint density at radius 2 is 2.27 bits per heavy atom. The molecule has 1 amide bonds. The van der Waals surface area contributed by atoms with Crippen molar-refractivity contribution >= 4 is 17.5 Å². The highest BCUT2D eigenvalue weighted by molar-refractivity contribution is 6.31. The molecule has 3 rings (SSSR count). The maximum absolute atomic E-state index is 12.4. The van der Waals surface area contributed by atoms with E-state index in [4.69, 9.17) is 20.9 Å². The van der Waals surface area contributed by atoms with Crippen LogP contribution >= 0.6 is 11.6 Å². The third kappa shape index (κ3) is 3.28. The molecule has 2 aromatic rings. The molecule has 0 unspecified atom stereocenters. The molecule has 1 saturated heterocycles. The van der Waals surface area contributed by atoms with Crippen LogP contribution in [0.25, 0.3) is 0 Å². The molecule has 116 valence electrons. The van der Waals surface area contributed by atoms with E-state index in [0.29, 0.717) is 36.4 Å². The van der Waals surface area contributed by atoms with Gasteiger partial charge in [-0.15, -0.1) is 0 Å². The van der Waals surface area contributed by atoms with Crippen molar-refractivity contribution in [3.63, 3.8) is 0 Å². The number of nitrogens with zero attached hydrogens (tertiary/aromatic N) is 3. The van der Waals surface area contributed by atoms with Gasteiger partial charge in [-0.2, -0.15) is 4.98 Å². The fraction of sp³-hybridized carbons (Fsp3) is 0.400. The van der Waals surface area contributed by atoms with Crippen LogP contribution in [0.3, 0.4) is 0 Å². The van der Waals surface area contributed by atoms with Crippen molar-refractivity contribution in [3.05, 3.63) is 46.6 Å². The van der Waals surface area contributed by atoms with E-state index in [1.807, 2.05) is 18.2 Å². The number of carbonyl (C=O) groups excluding carboxylic acids is 1. The Labute approximate surface area is 133 Å². The minimum absolute atomic E-state index is 0.0154. The number of amides is 1. The molecule has 1 aromatic carbocycles. The zero-order valence-corrected chi connectivity index (χ0v) is 12.9. The highest BCUT2D eigenvalue weighted by atomic mass is 35.5. The van der Waals surface area contributed by atoms with Crippen molar-refractivity contribution in [2.45, 2.75) is 19.4 Å². The van der Waals surface area contributed by atoms with E-state index in [0.717, 1.165) is 5.56 Å². The summed E-state index contributed by atoms with van der Waals surface area (Å²) in [6.07, 6.45) is -0.0705. The largest absolute Gasteiger partial charge is 0.366 e. The highest BCUT2D eigenvalue weighted by Crippen LogP contribution is 2.21. The lowest BCUT2D eigenvalue weighted by molar-refractivity contribution is -0.138. The number of benzene rings is 1. The molecule has 1 aliphatic heterocycles. The smallest absolute Gasteiger partial charge is 0.227 e. The van der Waals surface area contributed by atoms with Crippen LogP contribution in [0.5, 0.6) is 0 Å². The second kappa shape index (κ2) is 6.46. The van der Waals surface area contributed by atoms with E-state index < -0.39 is 0 Å². The quantitative estimate of drug-likeness (QED) is 0.866. The molecule has 0 N–H and O–H groups in total. The highest BCUT2D eigenvalue weighted by Gasteiger charge is 2.28. The average Bonchev–Trinajstić information content (AvgIpc) is 2.96. The maximum atomic E-state index is 12.4. The number of rotatable bonds is 3. The molecular weight excluding hydrogens is 306 g/mol. The van der Waals surface area contributed by atoms with Crippen molar-refractivity contribution in [2.24, 2.45) is 0 Å². The van der Waals surface area contributed by atoms with E-state index in [1.54, 1.807) is 17.9 Å². The minimum atomic E-state index is -0.346. The molecule has 0 bridgehead atoms. The first-order chi connectivity index (χ1) is 10.6. The van der Waals surface area contributed by atoms with Gasteiger partial charge in [0.15, 0.2) is 0 Å². The summed E-state index contributed by atoms with van der Waals surface area (Å²) in [5, 5.41) is 4.47. The SMILES string of the molecule is Cc1nc([C@H]2CN(C(=O)Cc3ccccc3Cl)CCO2)no1. The van der Waals surface area contributed by atoms with Crippen LogP contribution in [-0.4, -0.2) is 40.6 Å². The molecule has 1 atom stereocenters. The average molecular weight is 322 g/mol. The molecule has 22 heavy (non-hydrogen) atoms. The van der Waals surface area contributed by atoms with Crippen molar-refractivity contribution in [1.82, 2.24) is 15.0 Å². The zero-order chi connectivity index (χ0) is 15.5. The number of ether oxygens (including phenoxy) is 1. The van der Waals surface area contributed by atoms with Crippen molar-refractivity contribution in [2.75, 3.05) is 19.7 Å². The maximum Gasteiger partial charge on any atom is 0.227 e. The number of morpholine rings is 1. The van der Waals surface area contributed by atoms with Crippen LogP contribution in [-0.2, 0) is 16.0 Å². The summed E-state index contributed by atoms with van der Waals surface area (Å²) < 4.78 is 10.6. The summed E-state index contributed by atoms with van der Waals surface area (Å²) in [4.78, 5) is 18.4. The van der Waals surface area contributed by atoms with Crippen LogP contribution in [0.2, 0.25) is 5.02 Å². The van der Waals surface area contributed by atoms with E-state index in [9.17, 15) is 4.79 Å². The lowest BCUT2D eigenvalue weighted by atomic mass is 10.1. The Hall–Kier alpha value is -1.92. The molecule has 2 heterocycles. The van der Waals surface area contributed by atoms with Gasteiger partial charge in [0.25, 0.3) is 0 Å². The van der Waals surface area contributed by atoms with Gasteiger partial charge in [-0.1, -0.05) is 35.0 Å². The van der Waals surface area contributed by atoms with Gasteiger partial charge < -0.3 is 14.2 Å². The van der Waals surface area contributed by atoms with Crippen molar-refractivity contribution < 1.29 is 14.1 Å². The molecule has 1 aromatic heterocycles. The Bertz CT molecular complexity index is 674. The van der Waals surface area contributed by atoms with Crippen LogP contribution < -0.4 is 0 Å². The Kier molecular flexibility index (Phi) is 4.40. The van der Waals surface area contributed by atoms with E-state index >= 15 is 0 Å². The van der Waals surface area contributed by atoms with Gasteiger partial charge in [0, 0.05) is 18.5 Å². The first-order valence-corrected chi connectivity index (χ1v) is 7.44. The number of halogens is 1. The molecule has 0 radical (unpaired) electrons. The second-order valence-corrected chi connectivity index (χ2v) is 5.55. The minimum Gasteiger partial charge on any atom is -0.366 e. The fourth-order valence-corrected chi connectivity index (χ4v) is 2.60. The monoisotopic (exact) mass is 321 g/mol. The molecule has 0 saturated carbocycles. The van der Waals surface area contributed by atoms with Crippen LogP contribution in [0, 0.1) is 6.92 Å². The summed E-state index contributed by atoms with van der Waals surface area (Å²) in [7, 11) is 0. The molecule has 1 fully saturated rings. The third-order valence-electron chi connectivity index (χ3n) is 3.55. The molecule has 0 aliphatic carbocycles. The van der Waals surface area contributed by atoms with Crippen LogP contribution in [0.1, 0.15) is 23.4 Å². The van der Waals surface area contributed by atoms with Gasteiger partial charge in [0.05, 0.1) is 19.6 Å². The topological polar surface area (TPSA) is 68.5 Å². The molecule has 7 heteroatoms. The first kappa shape index (κ1) is 15.0. The predicted octanol–water partition coefficient (Wildman–Crippen LogP) is 2.17. The molecular formula is C15H16ClN3O3. The van der Waals surface area contributed by atoms with Crippen LogP contribution in [0.4, 0.5) is 0 Å². The number of aryl methyl sites for hydroxylation is 1. The van der Waals surface area contributed by atoms with Gasteiger partial charge in [-0.3, -0.25) is 4.79 Å². The molecule has 0 spiro atoms. The van der Waals surface area contributed by atoms with Gasteiger partial charge in [0.1, 0.15) is 6.10 Å². The van der Waals surface area contributed by atoms with Gasteiger partial charge in [0.2, 0.25) is 17.6 Å². The number of hydrogen-bond acceptors (Lipinski definition) is 5. The fourth-order valence-electron chi connectivity index (χ4n) is 2.39. The first-order valence-electron chi connectivity index (χ1n) is 7.06. The van der Waals surface area contributed by atoms with E-state index in [1.165, 1.54) is 0 Å². The normalized spacial score (nSPS) is 18.5. The standard InChI is InChI=1S/C15H16ClN3O3/c1-10-17-15(18-22-10)13-9-19(6-7-21-13)14(20)8-11-4-2-3-5-12(11)16/h2-5,13H,6-9H2,1H3/t13-/m1/s1. The summed E-state index contributed by atoms with van der Waals surface area (Å²) >= 11 is 6.11. The van der Waals surface area contributed by atoms with Gasteiger partial charge in [-0.05, 0) is 11.6 Å². The Morgan fingerprint density at radius 1 is 1.45 bits per heavy atom. The third-order valence-corrected chi connectivity index (χ3v) is 3.92. The summed E-state index contributed by atoms with van der Waals surface area (Å²) in [6, 6.07) is 7.37. The predicted molar refractivity (Wildman–Crippen MR) is 79.5 cm³/mol. The van der Waals surface area contributed by atoms with Crippen molar-refractivity contribution in [3.8, 4) is 0 Å². The lowest BCUT2D eigenvalue weighted by Gasteiger charge is -2.31. The van der Waals surface area contributed by atoms with E-state index in [-0.39, 0.29) is 18.4 Å². The molecule has 6 nitrogen and oxygen atoms in total. The summed E-state index contributed by atoms with van der Waals surface area (Å²) in [5.41, 5.74) is 0.826. The van der Waals surface area contributed by atoms with Crippen molar-refractivity contribution in [1.29, 1.82) is 0 Å². The molecule has 1 aliphatic rings.